The number of aromatic nitrogens is 4. The number of H-pyrrole nitrogens is 1. The topological polar surface area (TPSA) is 143 Å². The van der Waals surface area contributed by atoms with Crippen LogP contribution in [-0.2, 0) is 10.2 Å². The highest BCUT2D eigenvalue weighted by Gasteiger charge is 2.51. The van der Waals surface area contributed by atoms with Crippen LogP contribution in [0.15, 0.2) is 24.3 Å². The van der Waals surface area contributed by atoms with Crippen LogP contribution in [0, 0.1) is 30.0 Å². The fraction of sp³-hybridized carbons (Fsp3) is 0.478. The number of aryl methyl sites for hydroxylation is 1. The van der Waals surface area contributed by atoms with Crippen molar-refractivity contribution in [1.82, 2.24) is 28.8 Å². The summed E-state index contributed by atoms with van der Waals surface area (Å²) in [6.07, 6.45) is 2.84. The standard InChI is InChI=1S/C23H26FN9O2S/c1-13-6-21(31-30-13)28-22-19-5-2-15(24)7-20(19)27-23(29-22)26-16-8-17-3-4-18(9-16)33(17)36(34,35)32-11-14(10-25)12-32/h2,5-7,14,16-18H,3-4,8-9,11-12H2,1H3,(H3,26,27,28,29,30,31)/t16?,17-,18+. The second-order valence-corrected chi connectivity index (χ2v) is 11.6. The summed E-state index contributed by atoms with van der Waals surface area (Å²) in [6, 6.07) is 8.08. The van der Waals surface area contributed by atoms with Crippen molar-refractivity contribution >= 4 is 38.7 Å². The van der Waals surface area contributed by atoms with Crippen LogP contribution in [0.2, 0.25) is 0 Å². The highest BCUT2D eigenvalue weighted by atomic mass is 32.2. The van der Waals surface area contributed by atoms with E-state index in [0.717, 1.165) is 18.5 Å². The molecule has 3 atom stereocenters. The number of benzene rings is 1. The molecule has 0 saturated carbocycles. The van der Waals surface area contributed by atoms with E-state index in [1.165, 1.54) is 16.4 Å². The molecule has 0 radical (unpaired) electrons. The number of nitriles is 1. The van der Waals surface area contributed by atoms with Crippen molar-refractivity contribution in [2.75, 3.05) is 23.7 Å². The SMILES string of the molecule is Cc1cc(Nc2nc(NC3C[C@H]4CC[C@@H](C3)N4S(=O)(=O)N3CC(C#N)C3)nc3cc(F)ccc23)n[nH]1. The van der Waals surface area contributed by atoms with E-state index >= 15 is 0 Å². The van der Waals surface area contributed by atoms with Gasteiger partial charge in [0.1, 0.15) is 11.6 Å². The van der Waals surface area contributed by atoms with E-state index in [2.05, 4.69) is 36.9 Å². The summed E-state index contributed by atoms with van der Waals surface area (Å²) < 4.78 is 43.5. The minimum Gasteiger partial charge on any atom is -0.351 e. The Morgan fingerprint density at radius 3 is 2.58 bits per heavy atom. The van der Waals surface area contributed by atoms with Gasteiger partial charge in [-0.2, -0.15) is 32.4 Å². The van der Waals surface area contributed by atoms with Crippen LogP contribution < -0.4 is 10.6 Å². The minimum absolute atomic E-state index is 0.0244. The molecule has 2 aromatic heterocycles. The highest BCUT2D eigenvalue weighted by molar-refractivity contribution is 7.86. The maximum Gasteiger partial charge on any atom is 0.282 e. The molecule has 0 aliphatic carbocycles. The number of anilines is 3. The zero-order valence-corrected chi connectivity index (χ0v) is 20.5. The van der Waals surface area contributed by atoms with Crippen LogP contribution in [0.5, 0.6) is 0 Å². The van der Waals surface area contributed by atoms with Gasteiger partial charge in [-0.3, -0.25) is 5.10 Å². The second kappa shape index (κ2) is 8.65. The van der Waals surface area contributed by atoms with Crippen molar-refractivity contribution in [3.05, 3.63) is 35.8 Å². The number of aromatic amines is 1. The molecule has 6 rings (SSSR count). The molecule has 11 nitrogen and oxygen atoms in total. The Bertz CT molecular complexity index is 1450. The van der Waals surface area contributed by atoms with Crippen molar-refractivity contribution < 1.29 is 12.8 Å². The molecule has 13 heteroatoms. The largest absolute Gasteiger partial charge is 0.351 e. The normalized spacial score (nSPS) is 25.0. The lowest BCUT2D eigenvalue weighted by Crippen LogP contribution is -2.59. The molecule has 0 amide bonds. The van der Waals surface area contributed by atoms with E-state index in [1.807, 2.05) is 13.0 Å². The fourth-order valence-corrected chi connectivity index (χ4v) is 7.66. The number of piperidine rings is 1. The van der Waals surface area contributed by atoms with E-state index in [1.54, 1.807) is 10.4 Å². The average Bonchev–Trinajstić information content (AvgIpc) is 3.33. The zero-order valence-electron chi connectivity index (χ0n) is 19.6. The summed E-state index contributed by atoms with van der Waals surface area (Å²) in [4.78, 5) is 9.20. The van der Waals surface area contributed by atoms with Gasteiger partial charge >= 0.3 is 0 Å². The minimum atomic E-state index is -3.58. The Morgan fingerprint density at radius 1 is 1.17 bits per heavy atom. The molecule has 3 saturated heterocycles. The molecule has 3 fully saturated rings. The van der Waals surface area contributed by atoms with Gasteiger partial charge in [-0.05, 0) is 44.7 Å². The smallest absolute Gasteiger partial charge is 0.282 e. The van der Waals surface area contributed by atoms with Gasteiger partial charge in [-0.15, -0.1) is 0 Å². The van der Waals surface area contributed by atoms with Gasteiger partial charge in [0.05, 0.1) is 17.5 Å². The number of fused-ring (bicyclic) bond motifs is 3. The maximum absolute atomic E-state index is 14.0. The van der Waals surface area contributed by atoms with Gasteiger partial charge < -0.3 is 10.6 Å². The number of nitrogens with one attached hydrogen (secondary N) is 3. The molecule has 5 heterocycles. The number of nitrogens with zero attached hydrogens (tertiary/aromatic N) is 6. The Labute approximate surface area is 207 Å². The lowest BCUT2D eigenvalue weighted by Gasteiger charge is -2.43. The molecule has 0 spiro atoms. The van der Waals surface area contributed by atoms with Crippen molar-refractivity contribution in [1.29, 1.82) is 5.26 Å². The lowest BCUT2D eigenvalue weighted by atomic mass is 10.00. The number of rotatable bonds is 6. The van der Waals surface area contributed by atoms with Crippen molar-refractivity contribution in [2.45, 2.75) is 50.7 Å². The molecular weight excluding hydrogens is 485 g/mol. The van der Waals surface area contributed by atoms with Crippen LogP contribution in [0.4, 0.5) is 22.0 Å². The average molecular weight is 512 g/mol. The summed E-state index contributed by atoms with van der Waals surface area (Å²) in [6.45, 7) is 2.43. The van der Waals surface area contributed by atoms with Gasteiger partial charge in [0, 0.05) is 54.4 Å². The summed E-state index contributed by atoms with van der Waals surface area (Å²) in [5, 5.41) is 23.3. The van der Waals surface area contributed by atoms with E-state index in [0.29, 0.717) is 41.3 Å². The summed E-state index contributed by atoms with van der Waals surface area (Å²) in [5.41, 5.74) is 1.34. The first-order valence-corrected chi connectivity index (χ1v) is 13.4. The number of hydrogen-bond acceptors (Lipinski definition) is 8. The van der Waals surface area contributed by atoms with Crippen LogP contribution >= 0.6 is 0 Å². The zero-order chi connectivity index (χ0) is 25.0. The maximum atomic E-state index is 14.0. The number of hydrogen-bond donors (Lipinski definition) is 3. The molecule has 3 aliphatic heterocycles. The molecule has 1 aromatic carbocycles. The molecule has 3 N–H and O–H groups in total. The summed E-state index contributed by atoms with van der Waals surface area (Å²) in [7, 11) is -3.58. The Morgan fingerprint density at radius 2 is 1.92 bits per heavy atom. The first-order valence-electron chi connectivity index (χ1n) is 12.0. The van der Waals surface area contributed by atoms with E-state index < -0.39 is 16.0 Å². The Kier molecular flexibility index (Phi) is 5.55. The van der Waals surface area contributed by atoms with Gasteiger partial charge in [0.15, 0.2) is 5.82 Å². The van der Waals surface area contributed by atoms with E-state index in [9.17, 15) is 12.8 Å². The lowest BCUT2D eigenvalue weighted by molar-refractivity contribution is 0.182. The number of halogens is 1. The fourth-order valence-electron chi connectivity index (χ4n) is 5.52. The van der Waals surface area contributed by atoms with Crippen molar-refractivity contribution in [3.8, 4) is 6.07 Å². The van der Waals surface area contributed by atoms with E-state index in [-0.39, 0.29) is 37.1 Å². The van der Waals surface area contributed by atoms with Gasteiger partial charge in [0.2, 0.25) is 5.95 Å². The molecule has 36 heavy (non-hydrogen) atoms. The van der Waals surface area contributed by atoms with Crippen LogP contribution in [0.3, 0.4) is 0 Å². The second-order valence-electron chi connectivity index (χ2n) is 9.80. The summed E-state index contributed by atoms with van der Waals surface area (Å²) in [5.74, 6) is 0.823. The van der Waals surface area contributed by atoms with Crippen LogP contribution in [0.25, 0.3) is 10.9 Å². The third-order valence-electron chi connectivity index (χ3n) is 7.23. The third-order valence-corrected chi connectivity index (χ3v) is 9.31. The van der Waals surface area contributed by atoms with Gasteiger partial charge in [-0.25, -0.2) is 9.37 Å². The predicted octanol–water partition coefficient (Wildman–Crippen LogP) is 2.65. The van der Waals surface area contributed by atoms with Crippen LogP contribution in [-0.4, -0.2) is 68.4 Å². The molecule has 3 aliphatic rings. The van der Waals surface area contributed by atoms with Crippen LogP contribution in [0.1, 0.15) is 31.4 Å². The monoisotopic (exact) mass is 511 g/mol. The Balaban J connectivity index is 1.23. The van der Waals surface area contributed by atoms with Gasteiger partial charge in [-0.1, -0.05) is 0 Å². The highest BCUT2D eigenvalue weighted by Crippen LogP contribution is 2.41. The molecule has 188 valence electrons. The molecule has 3 aromatic rings. The predicted molar refractivity (Wildman–Crippen MR) is 131 cm³/mol. The quantitative estimate of drug-likeness (QED) is 0.458. The van der Waals surface area contributed by atoms with Crippen molar-refractivity contribution in [2.24, 2.45) is 5.92 Å². The van der Waals surface area contributed by atoms with E-state index in [4.69, 9.17) is 5.26 Å². The first-order chi connectivity index (χ1) is 17.3. The van der Waals surface area contributed by atoms with Crippen molar-refractivity contribution in [3.63, 3.8) is 0 Å². The molecular formula is C23H26FN9O2S. The van der Waals surface area contributed by atoms with Gasteiger partial charge in [0.25, 0.3) is 10.2 Å². The Hall–Kier alpha value is -3.34. The molecule has 1 unspecified atom stereocenters. The molecule has 2 bridgehead atoms. The first kappa shape index (κ1) is 23.1. The summed E-state index contributed by atoms with van der Waals surface area (Å²) >= 11 is 0. The third kappa shape index (κ3) is 4.04.